The van der Waals surface area contributed by atoms with Crippen LogP contribution in [0.4, 0.5) is 8.78 Å². The molecule has 0 N–H and O–H groups in total. The van der Waals surface area contributed by atoms with E-state index < -0.39 is 18.0 Å². The number of para-hydroxylation sites is 1. The van der Waals surface area contributed by atoms with Crippen LogP contribution >= 0.6 is 0 Å². The number of carbonyl (C=O) groups is 1. The van der Waals surface area contributed by atoms with Crippen LogP contribution in [0.3, 0.4) is 0 Å². The Hall–Kier alpha value is -1.45. The molecule has 1 aromatic rings. The van der Waals surface area contributed by atoms with Crippen molar-refractivity contribution in [3.63, 3.8) is 0 Å². The smallest absolute Gasteiger partial charge is 0.346 e. The summed E-state index contributed by atoms with van der Waals surface area (Å²) in [4.78, 5) is 10.7. The highest BCUT2D eigenvalue weighted by atomic mass is 19.1. The summed E-state index contributed by atoms with van der Waals surface area (Å²) in [6.07, 6.45) is -1.78. The Bertz CT molecular complexity index is 363. The van der Waals surface area contributed by atoms with Gasteiger partial charge in [0, 0.05) is 12.0 Å². The largest absolute Gasteiger partial charge is 0.421 e. The van der Waals surface area contributed by atoms with Crippen molar-refractivity contribution in [1.29, 1.82) is 0 Å². The SMILES string of the molecule is O=C1Oc2c(F)cccc2C[C@@H]1F. The fourth-order valence-electron chi connectivity index (χ4n) is 1.27. The molecule has 0 amide bonds. The minimum atomic E-state index is -1.67. The summed E-state index contributed by atoms with van der Waals surface area (Å²) >= 11 is 0. The molecular weight excluding hydrogens is 178 g/mol. The van der Waals surface area contributed by atoms with Crippen LogP contribution in [-0.2, 0) is 11.2 Å². The van der Waals surface area contributed by atoms with E-state index in [1.165, 1.54) is 18.2 Å². The van der Waals surface area contributed by atoms with Crippen LogP contribution in [0.5, 0.6) is 5.75 Å². The van der Waals surface area contributed by atoms with Gasteiger partial charge >= 0.3 is 5.97 Å². The van der Waals surface area contributed by atoms with Crippen molar-refractivity contribution >= 4 is 5.97 Å². The van der Waals surface area contributed by atoms with E-state index in [0.717, 1.165) is 0 Å². The maximum atomic E-state index is 13.0. The van der Waals surface area contributed by atoms with Crippen molar-refractivity contribution in [2.45, 2.75) is 12.6 Å². The third-order valence-electron chi connectivity index (χ3n) is 1.91. The molecule has 0 radical (unpaired) electrons. The molecule has 1 aliphatic rings. The minimum Gasteiger partial charge on any atom is -0.421 e. The quantitative estimate of drug-likeness (QED) is 0.452. The van der Waals surface area contributed by atoms with E-state index in [4.69, 9.17) is 0 Å². The van der Waals surface area contributed by atoms with Gasteiger partial charge in [0.25, 0.3) is 0 Å². The predicted octanol–water partition coefficient (Wildman–Crippen LogP) is 1.63. The van der Waals surface area contributed by atoms with Crippen LogP contribution in [0.25, 0.3) is 0 Å². The van der Waals surface area contributed by atoms with E-state index in [2.05, 4.69) is 4.74 Å². The summed E-state index contributed by atoms with van der Waals surface area (Å²) in [5.41, 5.74) is 0.395. The molecule has 0 aromatic heterocycles. The van der Waals surface area contributed by atoms with Crippen LogP contribution in [0.1, 0.15) is 5.56 Å². The molecule has 1 aliphatic heterocycles. The third-order valence-corrected chi connectivity index (χ3v) is 1.91. The molecule has 13 heavy (non-hydrogen) atoms. The highest BCUT2D eigenvalue weighted by molar-refractivity contribution is 5.80. The highest BCUT2D eigenvalue weighted by Gasteiger charge is 2.29. The topological polar surface area (TPSA) is 26.3 Å². The van der Waals surface area contributed by atoms with Gasteiger partial charge in [0.1, 0.15) is 0 Å². The second kappa shape index (κ2) is 2.80. The van der Waals surface area contributed by atoms with Gasteiger partial charge in [-0.2, -0.15) is 0 Å². The number of ether oxygens (including phenoxy) is 1. The van der Waals surface area contributed by atoms with Gasteiger partial charge in [-0.1, -0.05) is 12.1 Å². The molecule has 2 nitrogen and oxygen atoms in total. The fraction of sp³-hybridized carbons (Fsp3) is 0.222. The Morgan fingerprint density at radius 2 is 2.23 bits per heavy atom. The van der Waals surface area contributed by atoms with Crippen molar-refractivity contribution in [2.75, 3.05) is 0 Å². The lowest BCUT2D eigenvalue weighted by Gasteiger charge is -2.18. The van der Waals surface area contributed by atoms with E-state index in [9.17, 15) is 13.6 Å². The number of rotatable bonds is 0. The zero-order valence-electron chi connectivity index (χ0n) is 6.59. The first-order chi connectivity index (χ1) is 6.18. The van der Waals surface area contributed by atoms with E-state index in [0.29, 0.717) is 5.56 Å². The monoisotopic (exact) mass is 184 g/mol. The minimum absolute atomic E-state index is 0.105. The lowest BCUT2D eigenvalue weighted by Crippen LogP contribution is -2.29. The molecule has 0 aliphatic carbocycles. The van der Waals surface area contributed by atoms with Crippen molar-refractivity contribution in [3.05, 3.63) is 29.6 Å². The van der Waals surface area contributed by atoms with Gasteiger partial charge in [-0.25, -0.2) is 13.6 Å². The van der Waals surface area contributed by atoms with Gasteiger partial charge in [0.05, 0.1) is 0 Å². The first-order valence-electron chi connectivity index (χ1n) is 3.81. The maximum absolute atomic E-state index is 13.0. The van der Waals surface area contributed by atoms with E-state index in [-0.39, 0.29) is 12.2 Å². The first kappa shape index (κ1) is 8.16. The standard InChI is InChI=1S/C9H6F2O2/c10-6-3-1-2-5-4-7(11)9(12)13-8(5)6/h1-3,7H,4H2/t7-/m0/s1. The number of hydrogen-bond acceptors (Lipinski definition) is 2. The number of carbonyl (C=O) groups excluding carboxylic acids is 1. The first-order valence-corrected chi connectivity index (χ1v) is 3.81. The molecule has 4 heteroatoms. The van der Waals surface area contributed by atoms with Gasteiger partial charge < -0.3 is 4.74 Å². The molecule has 1 heterocycles. The predicted molar refractivity (Wildman–Crippen MR) is 40.6 cm³/mol. The summed E-state index contributed by atoms with van der Waals surface area (Å²) in [5, 5.41) is 0. The average molecular weight is 184 g/mol. The fourth-order valence-corrected chi connectivity index (χ4v) is 1.27. The van der Waals surface area contributed by atoms with Crippen LogP contribution in [-0.4, -0.2) is 12.1 Å². The zero-order valence-corrected chi connectivity index (χ0v) is 6.59. The Kier molecular flexibility index (Phi) is 1.76. The van der Waals surface area contributed by atoms with E-state index >= 15 is 0 Å². The summed E-state index contributed by atoms with van der Waals surface area (Å²) in [6.45, 7) is 0. The second-order valence-electron chi connectivity index (χ2n) is 2.82. The van der Waals surface area contributed by atoms with Crippen LogP contribution in [0.15, 0.2) is 18.2 Å². The van der Waals surface area contributed by atoms with Crippen molar-refractivity contribution in [3.8, 4) is 5.75 Å². The summed E-state index contributed by atoms with van der Waals surface area (Å²) in [6, 6.07) is 4.17. The van der Waals surface area contributed by atoms with Crippen molar-refractivity contribution < 1.29 is 18.3 Å². The average Bonchev–Trinajstić information content (AvgIpc) is 2.09. The normalized spacial score (nSPS) is 20.8. The third kappa shape index (κ3) is 1.28. The molecule has 1 aromatic carbocycles. The molecule has 0 spiro atoms. The second-order valence-corrected chi connectivity index (χ2v) is 2.82. The number of benzene rings is 1. The van der Waals surface area contributed by atoms with Gasteiger partial charge in [0.15, 0.2) is 11.6 Å². The summed E-state index contributed by atoms with van der Waals surface area (Å²) in [7, 11) is 0. The lowest BCUT2D eigenvalue weighted by atomic mass is 10.0. The molecule has 0 saturated carbocycles. The molecule has 2 rings (SSSR count). The molecule has 0 unspecified atom stereocenters. The molecular formula is C9H6F2O2. The lowest BCUT2D eigenvalue weighted by molar-refractivity contribution is -0.141. The van der Waals surface area contributed by atoms with Crippen LogP contribution < -0.4 is 4.74 Å². The molecule has 0 fully saturated rings. The Balaban J connectivity index is 2.48. The molecule has 1 atom stereocenters. The number of hydrogen-bond donors (Lipinski definition) is 0. The molecule has 0 bridgehead atoms. The number of alkyl halides is 1. The number of esters is 1. The molecule has 0 saturated heterocycles. The Morgan fingerprint density at radius 1 is 1.46 bits per heavy atom. The van der Waals surface area contributed by atoms with E-state index in [1.54, 1.807) is 0 Å². The number of fused-ring (bicyclic) bond motifs is 1. The molecule has 68 valence electrons. The van der Waals surface area contributed by atoms with E-state index in [1.807, 2.05) is 0 Å². The van der Waals surface area contributed by atoms with Crippen molar-refractivity contribution in [1.82, 2.24) is 0 Å². The Morgan fingerprint density at radius 3 is 3.00 bits per heavy atom. The van der Waals surface area contributed by atoms with Gasteiger partial charge in [-0.05, 0) is 6.07 Å². The zero-order chi connectivity index (χ0) is 9.42. The number of halogens is 2. The van der Waals surface area contributed by atoms with Crippen molar-refractivity contribution in [2.24, 2.45) is 0 Å². The van der Waals surface area contributed by atoms with Crippen LogP contribution in [0, 0.1) is 5.82 Å². The van der Waals surface area contributed by atoms with Crippen LogP contribution in [0.2, 0.25) is 0 Å². The van der Waals surface area contributed by atoms with Gasteiger partial charge in [0.2, 0.25) is 6.17 Å². The van der Waals surface area contributed by atoms with Gasteiger partial charge in [-0.15, -0.1) is 0 Å². The summed E-state index contributed by atoms with van der Waals surface area (Å²) in [5.74, 6) is -1.78. The summed E-state index contributed by atoms with van der Waals surface area (Å²) < 4.78 is 30.2. The maximum Gasteiger partial charge on any atom is 0.346 e. The Labute approximate surface area is 73.1 Å². The highest BCUT2D eigenvalue weighted by Crippen LogP contribution is 2.28. The van der Waals surface area contributed by atoms with Gasteiger partial charge in [-0.3, -0.25) is 0 Å².